The van der Waals surface area contributed by atoms with Gasteiger partial charge in [-0.3, -0.25) is 0 Å². The van der Waals surface area contributed by atoms with E-state index in [4.69, 9.17) is 6.42 Å². The minimum Gasteiger partial charge on any atom is -0.388 e. The van der Waals surface area contributed by atoms with Crippen LogP contribution in [0.25, 0.3) is 0 Å². The van der Waals surface area contributed by atoms with Gasteiger partial charge in [0.2, 0.25) is 0 Å². The summed E-state index contributed by atoms with van der Waals surface area (Å²) in [5, 5.41) is 10.2. The Kier molecular flexibility index (Phi) is 4.45. The molecule has 1 N–H and O–H groups in total. The quantitative estimate of drug-likeness (QED) is 0.716. The Hall–Kier alpha value is -1.00. The summed E-state index contributed by atoms with van der Waals surface area (Å²) in [4.78, 5) is 0. The molecule has 0 bridgehead atoms. The van der Waals surface area contributed by atoms with Crippen molar-refractivity contribution in [1.29, 1.82) is 0 Å². The average Bonchev–Trinajstić information content (AvgIpc) is 2.72. The van der Waals surface area contributed by atoms with Crippen LogP contribution in [0.3, 0.4) is 0 Å². The lowest BCUT2D eigenvalue weighted by Crippen LogP contribution is -2.06. The first-order chi connectivity index (χ1) is 8.33. The summed E-state index contributed by atoms with van der Waals surface area (Å²) in [5.74, 6) is 2.73. The molecular weight excluding hydrogens is 208 g/mol. The highest BCUT2D eigenvalue weighted by Gasteiger charge is 2.26. The second-order valence-electron chi connectivity index (χ2n) is 5.10. The lowest BCUT2D eigenvalue weighted by molar-refractivity contribution is 0.216. The molecule has 0 aliphatic heterocycles. The number of hydrogen-bond donors (Lipinski definition) is 1. The van der Waals surface area contributed by atoms with Crippen LogP contribution >= 0.6 is 0 Å². The van der Waals surface area contributed by atoms with Gasteiger partial charge in [-0.2, -0.15) is 0 Å². The number of terminal acetylenes is 1. The van der Waals surface area contributed by atoms with Crippen LogP contribution in [-0.4, -0.2) is 11.2 Å². The first kappa shape index (κ1) is 12.5. The van der Waals surface area contributed by atoms with Gasteiger partial charge in [0.15, 0.2) is 0 Å². The van der Waals surface area contributed by atoms with Gasteiger partial charge < -0.3 is 5.11 Å². The highest BCUT2D eigenvalue weighted by molar-refractivity contribution is 5.42. The topological polar surface area (TPSA) is 20.2 Å². The fourth-order valence-electron chi connectivity index (χ4n) is 3.01. The zero-order chi connectivity index (χ0) is 12.1. The summed E-state index contributed by atoms with van der Waals surface area (Å²) in [7, 11) is 0. The molecule has 0 saturated heterocycles. The first-order valence-electron chi connectivity index (χ1n) is 6.85. The lowest BCUT2D eigenvalue weighted by atomic mass is 9.94. The van der Waals surface area contributed by atoms with Crippen molar-refractivity contribution in [2.75, 3.05) is 0 Å². The van der Waals surface area contributed by atoms with E-state index < -0.39 is 0 Å². The summed E-state index contributed by atoms with van der Waals surface area (Å²) >= 11 is 0. The number of fused-ring (bicyclic) bond motifs is 1. The molecule has 0 heterocycles. The summed E-state index contributed by atoms with van der Waals surface area (Å²) in [6.07, 6.45) is 17.4. The Balaban J connectivity index is 2.27. The molecule has 0 spiro atoms. The van der Waals surface area contributed by atoms with Gasteiger partial charge in [-0.05, 0) is 56.1 Å². The maximum atomic E-state index is 10.2. The van der Waals surface area contributed by atoms with Gasteiger partial charge in [-0.1, -0.05) is 18.1 Å². The Morgan fingerprint density at radius 1 is 1.29 bits per heavy atom. The van der Waals surface area contributed by atoms with Crippen LogP contribution in [0.1, 0.15) is 57.8 Å². The van der Waals surface area contributed by atoms with Crippen LogP contribution in [0, 0.1) is 12.3 Å². The molecule has 17 heavy (non-hydrogen) atoms. The van der Waals surface area contributed by atoms with Crippen LogP contribution in [-0.2, 0) is 0 Å². The van der Waals surface area contributed by atoms with Crippen LogP contribution in [0.2, 0.25) is 0 Å². The van der Waals surface area contributed by atoms with Gasteiger partial charge in [0.1, 0.15) is 0 Å². The van der Waals surface area contributed by atoms with Crippen LogP contribution in [0.4, 0.5) is 0 Å². The molecule has 0 aromatic rings. The molecule has 1 unspecified atom stereocenters. The average molecular weight is 230 g/mol. The molecule has 92 valence electrons. The van der Waals surface area contributed by atoms with E-state index in [9.17, 15) is 5.11 Å². The van der Waals surface area contributed by atoms with E-state index in [0.717, 1.165) is 32.1 Å². The minimum atomic E-state index is -0.230. The predicted molar refractivity (Wildman–Crippen MR) is 71.5 cm³/mol. The van der Waals surface area contributed by atoms with E-state index in [1.54, 1.807) is 0 Å². The predicted octanol–water partition coefficient (Wildman–Crippen LogP) is 3.74. The largest absolute Gasteiger partial charge is 0.388 e. The molecule has 0 aromatic carbocycles. The Morgan fingerprint density at radius 3 is 3.00 bits per heavy atom. The molecular formula is C16H22O. The van der Waals surface area contributed by atoms with E-state index in [1.807, 2.05) is 0 Å². The third kappa shape index (κ3) is 3.01. The zero-order valence-electron chi connectivity index (χ0n) is 10.5. The lowest BCUT2D eigenvalue weighted by Gasteiger charge is -2.14. The van der Waals surface area contributed by atoms with E-state index in [1.165, 1.54) is 42.4 Å². The molecule has 1 fully saturated rings. The van der Waals surface area contributed by atoms with Crippen molar-refractivity contribution in [3.63, 3.8) is 0 Å². The number of hydrogen-bond acceptors (Lipinski definition) is 1. The third-order valence-electron chi connectivity index (χ3n) is 3.89. The van der Waals surface area contributed by atoms with Gasteiger partial charge in [-0.15, -0.1) is 12.3 Å². The van der Waals surface area contributed by atoms with Crippen molar-refractivity contribution in [1.82, 2.24) is 0 Å². The van der Waals surface area contributed by atoms with E-state index >= 15 is 0 Å². The smallest absolute Gasteiger partial charge is 0.0795 e. The monoisotopic (exact) mass is 230 g/mol. The normalized spacial score (nSPS) is 32.7. The Labute approximate surface area is 105 Å². The number of aliphatic hydroxyl groups excluding tert-OH is 1. The van der Waals surface area contributed by atoms with E-state index in [0.29, 0.717) is 0 Å². The summed E-state index contributed by atoms with van der Waals surface area (Å²) in [5.41, 5.74) is 4.09. The number of allylic oxidation sites excluding steroid dienone is 2. The molecule has 1 saturated carbocycles. The highest BCUT2D eigenvalue weighted by atomic mass is 16.3. The van der Waals surface area contributed by atoms with Crippen molar-refractivity contribution in [3.8, 4) is 12.3 Å². The second-order valence-corrected chi connectivity index (χ2v) is 5.10. The summed E-state index contributed by atoms with van der Waals surface area (Å²) in [6, 6.07) is 0. The maximum Gasteiger partial charge on any atom is 0.0795 e. The minimum absolute atomic E-state index is 0.230. The molecule has 1 nitrogen and oxygen atoms in total. The second kappa shape index (κ2) is 6.07. The van der Waals surface area contributed by atoms with Gasteiger partial charge in [0, 0.05) is 6.42 Å². The molecule has 2 rings (SSSR count). The number of rotatable bonds is 2. The molecule has 0 amide bonds. The Morgan fingerprint density at radius 2 is 2.18 bits per heavy atom. The van der Waals surface area contributed by atoms with Crippen molar-refractivity contribution in [2.45, 2.75) is 63.9 Å². The van der Waals surface area contributed by atoms with Crippen molar-refractivity contribution in [3.05, 3.63) is 22.8 Å². The van der Waals surface area contributed by atoms with Crippen molar-refractivity contribution >= 4 is 0 Å². The molecule has 0 aromatic heterocycles. The van der Waals surface area contributed by atoms with Gasteiger partial charge in [0.25, 0.3) is 0 Å². The van der Waals surface area contributed by atoms with Gasteiger partial charge in [-0.25, -0.2) is 0 Å². The maximum absolute atomic E-state index is 10.2. The standard InChI is InChI=1S/C16H22O/c1-2-3-8-13-9-6-4-5-7-10-14-11-12-15(17)16(13)14/h1,10,15,17H,3-9,11-12H2/b14-10-,16-13+. The Bertz CT molecular complexity index is 367. The molecule has 2 aliphatic carbocycles. The highest BCUT2D eigenvalue weighted by Crippen LogP contribution is 2.37. The fourth-order valence-corrected chi connectivity index (χ4v) is 3.01. The third-order valence-corrected chi connectivity index (χ3v) is 3.89. The first-order valence-corrected chi connectivity index (χ1v) is 6.85. The van der Waals surface area contributed by atoms with Gasteiger partial charge >= 0.3 is 0 Å². The molecule has 1 heteroatoms. The molecule has 0 radical (unpaired) electrons. The van der Waals surface area contributed by atoms with Gasteiger partial charge in [0.05, 0.1) is 6.10 Å². The van der Waals surface area contributed by atoms with Crippen LogP contribution in [0.5, 0.6) is 0 Å². The number of aliphatic hydroxyl groups is 1. The fraction of sp³-hybridized carbons (Fsp3) is 0.625. The summed E-state index contributed by atoms with van der Waals surface area (Å²) in [6.45, 7) is 0. The molecule has 1 atom stereocenters. The van der Waals surface area contributed by atoms with E-state index in [2.05, 4.69) is 12.0 Å². The van der Waals surface area contributed by atoms with Crippen molar-refractivity contribution in [2.24, 2.45) is 0 Å². The zero-order valence-corrected chi connectivity index (χ0v) is 10.5. The van der Waals surface area contributed by atoms with Crippen molar-refractivity contribution < 1.29 is 5.11 Å². The van der Waals surface area contributed by atoms with E-state index in [-0.39, 0.29) is 6.10 Å². The molecule has 2 aliphatic rings. The summed E-state index contributed by atoms with van der Waals surface area (Å²) < 4.78 is 0. The SMILES string of the molecule is C#CCC/C1=C2/C(=C\CCCCC1)CCC2O. The van der Waals surface area contributed by atoms with Crippen LogP contribution < -0.4 is 0 Å². The van der Waals surface area contributed by atoms with Crippen LogP contribution in [0.15, 0.2) is 22.8 Å².